The lowest BCUT2D eigenvalue weighted by molar-refractivity contribution is -0.0621. The Morgan fingerprint density at radius 3 is 2.29 bits per heavy atom. The predicted octanol–water partition coefficient (Wildman–Crippen LogP) is 7.32. The molecule has 0 spiro atoms. The number of cyclic esters (lactones) is 1. The Balaban J connectivity index is 1.52. The van der Waals surface area contributed by atoms with Crippen molar-refractivity contribution < 1.29 is 22.7 Å². The molecule has 178 valence electrons. The number of amides is 1. The molecule has 0 aliphatic carbocycles. The number of ether oxygens (including phenoxy) is 1. The van der Waals surface area contributed by atoms with E-state index in [0.29, 0.717) is 30.5 Å². The standard InChI is InChI=1S/C27H26F3NO2S/c1-18(19-3-5-20(6-4-19)24-12-11-23(29)17-25(24)30)31-15-13-27(14-16-34-2,33-26(31)32)21-7-9-22(28)10-8-21/h3-12,17-18H,13-16H2,1-2H3/t18-,27?/m0/s1. The highest BCUT2D eigenvalue weighted by atomic mass is 32.2. The second-order valence-electron chi connectivity index (χ2n) is 8.48. The van der Waals surface area contributed by atoms with Crippen molar-refractivity contribution in [3.63, 3.8) is 0 Å². The molecule has 1 saturated heterocycles. The summed E-state index contributed by atoms with van der Waals surface area (Å²) in [6.45, 7) is 2.40. The third-order valence-corrected chi connectivity index (χ3v) is 7.07. The Labute approximate surface area is 201 Å². The fourth-order valence-corrected chi connectivity index (χ4v) is 4.94. The number of hydrogen-bond donors (Lipinski definition) is 0. The zero-order valence-electron chi connectivity index (χ0n) is 19.1. The van der Waals surface area contributed by atoms with Gasteiger partial charge in [0.05, 0.1) is 6.04 Å². The van der Waals surface area contributed by atoms with Crippen LogP contribution in [0.5, 0.6) is 0 Å². The largest absolute Gasteiger partial charge is 0.438 e. The van der Waals surface area contributed by atoms with Crippen molar-refractivity contribution in [1.29, 1.82) is 0 Å². The average molecular weight is 486 g/mol. The third-order valence-electron chi connectivity index (χ3n) is 6.46. The molecule has 0 saturated carbocycles. The summed E-state index contributed by atoms with van der Waals surface area (Å²) in [4.78, 5) is 14.8. The molecule has 1 aliphatic rings. The summed E-state index contributed by atoms with van der Waals surface area (Å²) in [6.07, 6.45) is 2.82. The van der Waals surface area contributed by atoms with E-state index in [2.05, 4.69) is 0 Å². The van der Waals surface area contributed by atoms with E-state index < -0.39 is 23.3 Å². The number of carbonyl (C=O) groups excluding carboxylic acids is 1. The van der Waals surface area contributed by atoms with E-state index in [4.69, 9.17) is 4.74 Å². The summed E-state index contributed by atoms with van der Waals surface area (Å²) < 4.78 is 46.9. The fourth-order valence-electron chi connectivity index (χ4n) is 4.41. The number of halogens is 3. The number of hydrogen-bond acceptors (Lipinski definition) is 3. The summed E-state index contributed by atoms with van der Waals surface area (Å²) in [5, 5.41) is 0. The van der Waals surface area contributed by atoms with Crippen molar-refractivity contribution in [2.24, 2.45) is 0 Å². The Bertz CT molecular complexity index is 1150. The third kappa shape index (κ3) is 4.94. The lowest BCUT2D eigenvalue weighted by Gasteiger charge is -2.43. The lowest BCUT2D eigenvalue weighted by atomic mass is 9.86. The zero-order chi connectivity index (χ0) is 24.3. The fraction of sp³-hybridized carbons (Fsp3) is 0.296. The van der Waals surface area contributed by atoms with Gasteiger partial charge in [0.1, 0.15) is 23.1 Å². The Morgan fingerprint density at radius 2 is 1.68 bits per heavy atom. The van der Waals surface area contributed by atoms with Gasteiger partial charge in [-0.25, -0.2) is 18.0 Å². The minimum absolute atomic E-state index is 0.258. The van der Waals surface area contributed by atoms with E-state index in [1.54, 1.807) is 40.9 Å². The van der Waals surface area contributed by atoms with Crippen LogP contribution in [0.25, 0.3) is 11.1 Å². The van der Waals surface area contributed by atoms with Crippen molar-refractivity contribution in [2.45, 2.75) is 31.4 Å². The minimum Gasteiger partial charge on any atom is -0.438 e. The Kier molecular flexibility index (Phi) is 7.22. The van der Waals surface area contributed by atoms with E-state index in [1.807, 2.05) is 25.3 Å². The van der Waals surface area contributed by atoms with E-state index in [9.17, 15) is 18.0 Å². The molecule has 0 bridgehead atoms. The number of nitrogens with zero attached hydrogens (tertiary/aromatic N) is 1. The van der Waals surface area contributed by atoms with Crippen LogP contribution >= 0.6 is 11.8 Å². The van der Waals surface area contributed by atoms with Crippen molar-refractivity contribution >= 4 is 17.9 Å². The molecule has 1 heterocycles. The van der Waals surface area contributed by atoms with E-state index in [-0.39, 0.29) is 11.9 Å². The molecule has 0 radical (unpaired) electrons. The first-order chi connectivity index (χ1) is 16.3. The molecule has 1 unspecified atom stereocenters. The molecular weight excluding hydrogens is 459 g/mol. The van der Waals surface area contributed by atoms with Crippen molar-refractivity contribution in [3.8, 4) is 11.1 Å². The van der Waals surface area contributed by atoms with Crippen LogP contribution in [0.3, 0.4) is 0 Å². The lowest BCUT2D eigenvalue weighted by Crippen LogP contribution is -2.49. The molecule has 3 nitrogen and oxygen atoms in total. The number of carbonyl (C=O) groups is 1. The van der Waals surface area contributed by atoms with Crippen LogP contribution in [-0.4, -0.2) is 29.5 Å². The van der Waals surface area contributed by atoms with E-state index in [0.717, 1.165) is 22.9 Å². The predicted molar refractivity (Wildman–Crippen MR) is 129 cm³/mol. The van der Waals surface area contributed by atoms with Gasteiger partial charge in [0, 0.05) is 31.0 Å². The number of benzene rings is 3. The van der Waals surface area contributed by atoms with Gasteiger partial charge < -0.3 is 9.64 Å². The molecule has 4 rings (SSSR count). The maximum absolute atomic E-state index is 14.1. The van der Waals surface area contributed by atoms with Gasteiger partial charge in [0.2, 0.25) is 0 Å². The summed E-state index contributed by atoms with van der Waals surface area (Å²) in [7, 11) is 0. The maximum Gasteiger partial charge on any atom is 0.411 e. The molecule has 0 aromatic heterocycles. The summed E-state index contributed by atoms with van der Waals surface area (Å²) in [5.41, 5.74) is 1.84. The van der Waals surface area contributed by atoms with Gasteiger partial charge in [-0.3, -0.25) is 0 Å². The van der Waals surface area contributed by atoms with E-state index in [1.165, 1.54) is 24.3 Å². The first-order valence-corrected chi connectivity index (χ1v) is 12.5. The number of thioether (sulfide) groups is 1. The topological polar surface area (TPSA) is 29.5 Å². The number of rotatable bonds is 7. The van der Waals surface area contributed by atoms with Crippen molar-refractivity contribution in [1.82, 2.24) is 4.90 Å². The molecule has 1 amide bonds. The first-order valence-electron chi connectivity index (χ1n) is 11.1. The monoisotopic (exact) mass is 485 g/mol. The quantitative estimate of drug-likeness (QED) is 0.351. The molecule has 3 aromatic rings. The molecule has 34 heavy (non-hydrogen) atoms. The van der Waals surface area contributed by atoms with Crippen LogP contribution in [0, 0.1) is 17.5 Å². The second kappa shape index (κ2) is 10.1. The first kappa shape index (κ1) is 24.2. The van der Waals surface area contributed by atoms with E-state index >= 15 is 0 Å². The van der Waals surface area contributed by atoms with Crippen molar-refractivity contribution in [3.05, 3.63) is 95.3 Å². The average Bonchev–Trinajstić information content (AvgIpc) is 2.83. The smallest absolute Gasteiger partial charge is 0.411 e. The second-order valence-corrected chi connectivity index (χ2v) is 9.46. The molecule has 1 fully saturated rings. The van der Waals surface area contributed by atoms with Crippen LogP contribution in [0.4, 0.5) is 18.0 Å². The maximum atomic E-state index is 14.1. The van der Waals surface area contributed by atoms with Gasteiger partial charge in [-0.2, -0.15) is 11.8 Å². The van der Waals surface area contributed by atoms with Crippen LogP contribution in [0.2, 0.25) is 0 Å². The van der Waals surface area contributed by atoms with Crippen LogP contribution in [0.1, 0.15) is 36.9 Å². The highest BCUT2D eigenvalue weighted by molar-refractivity contribution is 7.98. The van der Waals surface area contributed by atoms with Crippen LogP contribution < -0.4 is 0 Å². The minimum atomic E-state index is -0.784. The molecule has 1 aliphatic heterocycles. The highest BCUT2D eigenvalue weighted by Crippen LogP contribution is 2.40. The van der Waals surface area contributed by atoms with Gasteiger partial charge in [-0.05, 0) is 59.9 Å². The molecule has 3 aromatic carbocycles. The molecular formula is C27H26F3NO2S. The van der Waals surface area contributed by atoms with Crippen LogP contribution in [0.15, 0.2) is 66.7 Å². The van der Waals surface area contributed by atoms with Gasteiger partial charge in [0.15, 0.2) is 0 Å². The summed E-state index contributed by atoms with van der Waals surface area (Å²) in [5.74, 6) is -0.765. The summed E-state index contributed by atoms with van der Waals surface area (Å²) in [6, 6.07) is 16.6. The Hall–Kier alpha value is -2.93. The summed E-state index contributed by atoms with van der Waals surface area (Å²) >= 11 is 1.67. The molecule has 0 N–H and O–H groups in total. The van der Waals surface area contributed by atoms with Gasteiger partial charge in [-0.15, -0.1) is 0 Å². The van der Waals surface area contributed by atoms with Crippen molar-refractivity contribution in [2.75, 3.05) is 18.6 Å². The Morgan fingerprint density at radius 1 is 1.00 bits per heavy atom. The van der Waals surface area contributed by atoms with Gasteiger partial charge in [-0.1, -0.05) is 36.4 Å². The molecule has 7 heteroatoms. The van der Waals surface area contributed by atoms with Gasteiger partial charge in [0.25, 0.3) is 0 Å². The normalized spacial score (nSPS) is 19.1. The van der Waals surface area contributed by atoms with Crippen LogP contribution in [-0.2, 0) is 10.3 Å². The van der Waals surface area contributed by atoms with Gasteiger partial charge >= 0.3 is 6.09 Å². The highest BCUT2D eigenvalue weighted by Gasteiger charge is 2.43. The SMILES string of the molecule is CSCCC1(c2ccc(F)cc2)CCN([C@@H](C)c2ccc(-c3ccc(F)cc3F)cc2)C(=O)O1. The zero-order valence-corrected chi connectivity index (χ0v) is 19.9. The molecule has 2 atom stereocenters.